The Morgan fingerprint density at radius 3 is 2.80 bits per heavy atom. The first kappa shape index (κ1) is 11.6. The van der Waals surface area contributed by atoms with E-state index in [1.807, 2.05) is 13.8 Å². The molecule has 1 rings (SSSR count). The van der Waals surface area contributed by atoms with E-state index in [-0.39, 0.29) is 6.04 Å². The fourth-order valence-corrected chi connectivity index (χ4v) is 1.21. The highest BCUT2D eigenvalue weighted by atomic mass is 32.1. The number of nitrogens with zero attached hydrogens (tertiary/aromatic N) is 2. The molecular weight excluding hydrogens is 216 g/mol. The van der Waals surface area contributed by atoms with Gasteiger partial charge in [-0.2, -0.15) is 0 Å². The summed E-state index contributed by atoms with van der Waals surface area (Å²) in [7, 11) is 0. The minimum Gasteiger partial charge on any atom is -0.345 e. The van der Waals surface area contributed by atoms with Crippen LogP contribution in [0, 0.1) is 0 Å². The van der Waals surface area contributed by atoms with Gasteiger partial charge in [-0.1, -0.05) is 18.3 Å². The lowest BCUT2D eigenvalue weighted by Crippen LogP contribution is -2.40. The predicted molar refractivity (Wildman–Crippen MR) is 56.4 cm³/mol. The van der Waals surface area contributed by atoms with Gasteiger partial charge in [-0.3, -0.25) is 14.9 Å². The maximum absolute atomic E-state index is 11.3. The number of carbonyl (C=O) groups is 2. The molecule has 1 heterocycles. The first-order chi connectivity index (χ1) is 7.13. The molecule has 0 fully saturated rings. The number of nitrogens with one attached hydrogen (secondary N) is 2. The molecule has 82 valence electrons. The first-order valence-electron chi connectivity index (χ1n) is 4.51. The Balaban J connectivity index is 2.44. The van der Waals surface area contributed by atoms with Crippen molar-refractivity contribution in [2.45, 2.75) is 26.3 Å². The standard InChI is InChI=1S/C8H12N4O2S/c1-3-5(2)10-6(13)7(14)11-8-12-9-4-15-8/h4-5H,3H2,1-2H3,(H,10,13)(H,11,12,14). The summed E-state index contributed by atoms with van der Waals surface area (Å²) in [5.74, 6) is -1.37. The highest BCUT2D eigenvalue weighted by Crippen LogP contribution is 2.07. The Bertz CT molecular complexity index is 338. The van der Waals surface area contributed by atoms with Gasteiger partial charge in [0.2, 0.25) is 5.13 Å². The summed E-state index contributed by atoms with van der Waals surface area (Å²) in [5, 5.41) is 12.3. The molecule has 2 amide bonds. The minimum absolute atomic E-state index is 0.0160. The van der Waals surface area contributed by atoms with Gasteiger partial charge in [-0.25, -0.2) is 0 Å². The lowest BCUT2D eigenvalue weighted by molar-refractivity contribution is -0.136. The Morgan fingerprint density at radius 2 is 2.27 bits per heavy atom. The van der Waals surface area contributed by atoms with Crippen molar-refractivity contribution in [3.63, 3.8) is 0 Å². The van der Waals surface area contributed by atoms with Crippen molar-refractivity contribution < 1.29 is 9.59 Å². The fourth-order valence-electron chi connectivity index (χ4n) is 0.773. The molecule has 0 spiro atoms. The van der Waals surface area contributed by atoms with Gasteiger partial charge >= 0.3 is 11.8 Å². The molecule has 6 nitrogen and oxygen atoms in total. The normalized spacial score (nSPS) is 11.9. The van der Waals surface area contributed by atoms with Gasteiger partial charge in [0, 0.05) is 6.04 Å². The monoisotopic (exact) mass is 228 g/mol. The largest absolute Gasteiger partial charge is 0.345 e. The van der Waals surface area contributed by atoms with Crippen LogP contribution >= 0.6 is 11.3 Å². The van der Waals surface area contributed by atoms with Crippen LogP contribution in [0.15, 0.2) is 5.51 Å². The number of hydrogen-bond donors (Lipinski definition) is 2. The molecule has 0 aliphatic rings. The third-order valence-electron chi connectivity index (χ3n) is 1.78. The number of anilines is 1. The molecule has 0 aromatic carbocycles. The number of carbonyl (C=O) groups excluding carboxylic acids is 2. The molecule has 0 radical (unpaired) electrons. The molecule has 0 saturated carbocycles. The summed E-state index contributed by atoms with van der Waals surface area (Å²) < 4.78 is 0. The maximum Gasteiger partial charge on any atom is 0.315 e. The van der Waals surface area contributed by atoms with Gasteiger partial charge in [0.15, 0.2) is 0 Å². The van der Waals surface area contributed by atoms with E-state index in [2.05, 4.69) is 20.8 Å². The summed E-state index contributed by atoms with van der Waals surface area (Å²) in [4.78, 5) is 22.5. The zero-order valence-electron chi connectivity index (χ0n) is 8.48. The van der Waals surface area contributed by atoms with Crippen molar-refractivity contribution in [1.82, 2.24) is 15.5 Å². The summed E-state index contributed by atoms with van der Waals surface area (Å²) in [6.07, 6.45) is 0.776. The fraction of sp³-hybridized carbons (Fsp3) is 0.500. The van der Waals surface area contributed by atoms with Gasteiger partial charge in [0.25, 0.3) is 0 Å². The van der Waals surface area contributed by atoms with Crippen molar-refractivity contribution in [3.8, 4) is 0 Å². The average molecular weight is 228 g/mol. The van der Waals surface area contributed by atoms with Crippen molar-refractivity contribution in [2.75, 3.05) is 5.32 Å². The van der Waals surface area contributed by atoms with Gasteiger partial charge < -0.3 is 5.32 Å². The van der Waals surface area contributed by atoms with Crippen LogP contribution in [-0.4, -0.2) is 28.1 Å². The van der Waals surface area contributed by atoms with Crippen LogP contribution in [0.25, 0.3) is 0 Å². The summed E-state index contributed by atoms with van der Waals surface area (Å²) >= 11 is 1.16. The molecule has 1 aromatic heterocycles. The maximum atomic E-state index is 11.3. The highest BCUT2D eigenvalue weighted by molar-refractivity contribution is 7.13. The van der Waals surface area contributed by atoms with Crippen LogP contribution < -0.4 is 10.6 Å². The molecule has 0 bridgehead atoms. The van der Waals surface area contributed by atoms with Crippen LogP contribution in [0.4, 0.5) is 5.13 Å². The van der Waals surface area contributed by atoms with Crippen LogP contribution in [0.3, 0.4) is 0 Å². The van der Waals surface area contributed by atoms with Crippen molar-refractivity contribution in [1.29, 1.82) is 0 Å². The Kier molecular flexibility index (Phi) is 4.17. The second-order valence-electron chi connectivity index (χ2n) is 2.98. The molecular formula is C8H12N4O2S. The van der Waals surface area contributed by atoms with E-state index in [0.29, 0.717) is 5.13 Å². The topological polar surface area (TPSA) is 84.0 Å². The first-order valence-corrected chi connectivity index (χ1v) is 5.39. The number of amides is 2. The zero-order chi connectivity index (χ0) is 11.3. The van der Waals surface area contributed by atoms with Crippen LogP contribution in [-0.2, 0) is 9.59 Å². The number of hydrogen-bond acceptors (Lipinski definition) is 5. The van der Waals surface area contributed by atoms with Crippen LogP contribution in [0.1, 0.15) is 20.3 Å². The van der Waals surface area contributed by atoms with E-state index < -0.39 is 11.8 Å². The van der Waals surface area contributed by atoms with Gasteiger partial charge in [0.1, 0.15) is 5.51 Å². The Hall–Kier alpha value is -1.50. The lowest BCUT2D eigenvalue weighted by atomic mass is 10.2. The summed E-state index contributed by atoms with van der Waals surface area (Å²) in [6.45, 7) is 3.75. The second-order valence-corrected chi connectivity index (χ2v) is 3.81. The van der Waals surface area contributed by atoms with Crippen molar-refractivity contribution in [3.05, 3.63) is 5.51 Å². The van der Waals surface area contributed by atoms with E-state index in [1.165, 1.54) is 5.51 Å². The SMILES string of the molecule is CCC(C)NC(=O)C(=O)Nc1nncs1. The smallest absolute Gasteiger partial charge is 0.315 e. The van der Waals surface area contributed by atoms with Crippen LogP contribution in [0.2, 0.25) is 0 Å². The Morgan fingerprint density at radius 1 is 1.53 bits per heavy atom. The van der Waals surface area contributed by atoms with Gasteiger partial charge in [-0.15, -0.1) is 10.2 Å². The third kappa shape index (κ3) is 3.62. The quantitative estimate of drug-likeness (QED) is 0.733. The predicted octanol–water partition coefficient (Wildman–Crippen LogP) is 0.391. The third-order valence-corrected chi connectivity index (χ3v) is 2.38. The molecule has 7 heteroatoms. The van der Waals surface area contributed by atoms with Gasteiger partial charge in [0.05, 0.1) is 0 Å². The van der Waals surface area contributed by atoms with E-state index in [1.54, 1.807) is 0 Å². The van der Waals surface area contributed by atoms with E-state index >= 15 is 0 Å². The Labute approximate surface area is 91.1 Å². The molecule has 1 aromatic rings. The summed E-state index contributed by atoms with van der Waals surface area (Å²) in [6, 6.07) is -0.0160. The molecule has 2 N–H and O–H groups in total. The van der Waals surface area contributed by atoms with E-state index in [0.717, 1.165) is 17.8 Å². The highest BCUT2D eigenvalue weighted by Gasteiger charge is 2.16. The van der Waals surface area contributed by atoms with E-state index in [9.17, 15) is 9.59 Å². The minimum atomic E-state index is -0.716. The number of aromatic nitrogens is 2. The molecule has 15 heavy (non-hydrogen) atoms. The summed E-state index contributed by atoms with van der Waals surface area (Å²) in [5.41, 5.74) is 1.47. The second kappa shape index (κ2) is 5.40. The lowest BCUT2D eigenvalue weighted by Gasteiger charge is -2.09. The van der Waals surface area contributed by atoms with Crippen molar-refractivity contribution in [2.24, 2.45) is 0 Å². The van der Waals surface area contributed by atoms with Crippen molar-refractivity contribution >= 4 is 28.3 Å². The van der Waals surface area contributed by atoms with Gasteiger partial charge in [-0.05, 0) is 13.3 Å². The molecule has 1 unspecified atom stereocenters. The molecule has 0 aliphatic heterocycles. The van der Waals surface area contributed by atoms with E-state index in [4.69, 9.17) is 0 Å². The molecule has 0 saturated heterocycles. The molecule has 0 aliphatic carbocycles. The molecule has 1 atom stereocenters. The van der Waals surface area contributed by atoms with Crippen LogP contribution in [0.5, 0.6) is 0 Å². The zero-order valence-corrected chi connectivity index (χ0v) is 9.30. The number of rotatable bonds is 3. The average Bonchev–Trinajstić information content (AvgIpc) is 2.70.